The number of para-hydroxylation sites is 1. The van der Waals surface area contributed by atoms with Crippen molar-refractivity contribution >= 4 is 17.5 Å². The summed E-state index contributed by atoms with van der Waals surface area (Å²) in [6.07, 6.45) is -3.13. The fourth-order valence-electron chi connectivity index (χ4n) is 3.10. The molecular weight excluding hydrogens is 389 g/mol. The number of nitrogens with one attached hydrogen (secondary N) is 2. The van der Waals surface area contributed by atoms with Gasteiger partial charge in [0.1, 0.15) is 5.56 Å². The Morgan fingerprint density at radius 1 is 1.03 bits per heavy atom. The van der Waals surface area contributed by atoms with E-state index in [1.807, 2.05) is 0 Å². The standard InChI is InChI=1S/C19H19F3N4O3/c20-19(21,22)14-5-1-2-6-15(14)24-16(27)12-25-8-10-26(11-9-25)18(29)13-4-3-7-23-17(13)28/h1-7H,8-12H2,(H,23,28)(H,24,27). The van der Waals surface area contributed by atoms with E-state index in [1.165, 1.54) is 35.4 Å². The van der Waals surface area contributed by atoms with Crippen LogP contribution in [-0.2, 0) is 11.0 Å². The third-order valence-corrected chi connectivity index (χ3v) is 4.58. The van der Waals surface area contributed by atoms with E-state index in [2.05, 4.69) is 10.3 Å². The van der Waals surface area contributed by atoms with Crippen molar-refractivity contribution in [2.75, 3.05) is 38.0 Å². The Morgan fingerprint density at radius 3 is 2.38 bits per heavy atom. The number of alkyl halides is 3. The molecule has 1 aliphatic rings. The fraction of sp³-hybridized carbons (Fsp3) is 0.316. The third kappa shape index (κ3) is 5.02. The average molecular weight is 408 g/mol. The summed E-state index contributed by atoms with van der Waals surface area (Å²) in [5.41, 5.74) is -1.62. The maximum absolute atomic E-state index is 13.0. The lowest BCUT2D eigenvalue weighted by Gasteiger charge is -2.34. The second-order valence-corrected chi connectivity index (χ2v) is 6.57. The predicted octanol–water partition coefficient (Wildman–Crippen LogP) is 1.79. The number of aromatic nitrogens is 1. The molecule has 0 atom stereocenters. The van der Waals surface area contributed by atoms with Crippen molar-refractivity contribution in [3.63, 3.8) is 0 Å². The van der Waals surface area contributed by atoms with E-state index in [-0.39, 0.29) is 17.8 Å². The average Bonchev–Trinajstić information content (AvgIpc) is 2.68. The zero-order chi connectivity index (χ0) is 21.0. The molecule has 154 valence electrons. The summed E-state index contributed by atoms with van der Waals surface area (Å²) in [6.45, 7) is 1.24. The normalized spacial score (nSPS) is 15.2. The van der Waals surface area contributed by atoms with Crippen molar-refractivity contribution in [2.45, 2.75) is 6.18 Å². The molecule has 0 bridgehead atoms. The molecule has 2 amide bonds. The Balaban J connectivity index is 1.55. The van der Waals surface area contributed by atoms with Crippen LogP contribution in [0, 0.1) is 0 Å². The Hall–Kier alpha value is -3.14. The number of H-pyrrole nitrogens is 1. The molecule has 2 aromatic rings. The fourth-order valence-corrected chi connectivity index (χ4v) is 3.10. The molecule has 7 nitrogen and oxygen atoms in total. The Kier molecular flexibility index (Phi) is 6.02. The molecule has 0 unspecified atom stereocenters. The minimum absolute atomic E-state index is 0.0439. The molecule has 0 aliphatic carbocycles. The van der Waals surface area contributed by atoms with Gasteiger partial charge in [0.25, 0.3) is 11.5 Å². The minimum atomic E-state index is -4.56. The summed E-state index contributed by atoms with van der Waals surface area (Å²) in [5, 5.41) is 2.31. The number of rotatable bonds is 4. The first-order chi connectivity index (χ1) is 13.8. The SMILES string of the molecule is O=C(CN1CCN(C(=O)c2ccc[nH]c2=O)CC1)Nc1ccccc1C(F)(F)F. The Labute approximate surface area is 164 Å². The van der Waals surface area contributed by atoms with Gasteiger partial charge in [-0.2, -0.15) is 13.2 Å². The first-order valence-corrected chi connectivity index (χ1v) is 8.91. The van der Waals surface area contributed by atoms with E-state index < -0.39 is 29.1 Å². The van der Waals surface area contributed by atoms with Crippen molar-refractivity contribution in [1.82, 2.24) is 14.8 Å². The van der Waals surface area contributed by atoms with Crippen LogP contribution in [0.2, 0.25) is 0 Å². The zero-order valence-corrected chi connectivity index (χ0v) is 15.3. The number of carbonyl (C=O) groups excluding carboxylic acids is 2. The summed E-state index contributed by atoms with van der Waals surface area (Å²) < 4.78 is 39.1. The molecule has 1 fully saturated rings. The number of piperazine rings is 1. The van der Waals surface area contributed by atoms with Crippen molar-refractivity contribution in [3.05, 3.63) is 64.1 Å². The van der Waals surface area contributed by atoms with E-state index in [4.69, 9.17) is 0 Å². The highest BCUT2D eigenvalue weighted by molar-refractivity contribution is 5.94. The summed E-state index contributed by atoms with van der Waals surface area (Å²) in [4.78, 5) is 42.1. The van der Waals surface area contributed by atoms with Crippen LogP contribution in [0.4, 0.5) is 18.9 Å². The van der Waals surface area contributed by atoms with Gasteiger partial charge in [0.15, 0.2) is 0 Å². The van der Waals surface area contributed by atoms with Gasteiger partial charge in [-0.1, -0.05) is 12.1 Å². The molecule has 10 heteroatoms. The molecule has 1 saturated heterocycles. The molecule has 1 aliphatic heterocycles. The number of nitrogens with zero attached hydrogens (tertiary/aromatic N) is 2. The van der Waals surface area contributed by atoms with Crippen LogP contribution < -0.4 is 10.9 Å². The van der Waals surface area contributed by atoms with Gasteiger partial charge >= 0.3 is 6.18 Å². The van der Waals surface area contributed by atoms with E-state index in [1.54, 1.807) is 11.0 Å². The number of aromatic amines is 1. The number of hydrogen-bond acceptors (Lipinski definition) is 4. The molecule has 2 N–H and O–H groups in total. The van der Waals surface area contributed by atoms with Gasteiger partial charge < -0.3 is 15.2 Å². The summed E-state index contributed by atoms with van der Waals surface area (Å²) in [7, 11) is 0. The molecule has 1 aromatic carbocycles. The first-order valence-electron chi connectivity index (χ1n) is 8.91. The number of halogens is 3. The molecule has 29 heavy (non-hydrogen) atoms. The van der Waals surface area contributed by atoms with Gasteiger partial charge in [0.05, 0.1) is 17.8 Å². The van der Waals surface area contributed by atoms with Gasteiger partial charge in [0.2, 0.25) is 5.91 Å². The second-order valence-electron chi connectivity index (χ2n) is 6.57. The number of pyridine rings is 1. The largest absolute Gasteiger partial charge is 0.418 e. The lowest BCUT2D eigenvalue weighted by molar-refractivity contribution is -0.137. The lowest BCUT2D eigenvalue weighted by atomic mass is 10.1. The quantitative estimate of drug-likeness (QED) is 0.808. The third-order valence-electron chi connectivity index (χ3n) is 4.58. The number of anilines is 1. The van der Waals surface area contributed by atoms with Gasteiger partial charge in [-0.25, -0.2) is 0 Å². The molecule has 3 rings (SSSR count). The van der Waals surface area contributed by atoms with Gasteiger partial charge in [-0.05, 0) is 24.3 Å². The van der Waals surface area contributed by atoms with Crippen molar-refractivity contribution in [1.29, 1.82) is 0 Å². The summed E-state index contributed by atoms with van der Waals surface area (Å²) in [6, 6.07) is 7.79. The van der Waals surface area contributed by atoms with Crippen molar-refractivity contribution in [2.24, 2.45) is 0 Å². The molecule has 0 radical (unpaired) electrons. The highest BCUT2D eigenvalue weighted by Crippen LogP contribution is 2.34. The highest BCUT2D eigenvalue weighted by atomic mass is 19.4. The summed E-state index contributed by atoms with van der Waals surface area (Å²) in [5.74, 6) is -0.962. The Morgan fingerprint density at radius 2 is 1.72 bits per heavy atom. The molecule has 0 spiro atoms. The van der Waals surface area contributed by atoms with Crippen molar-refractivity contribution in [3.8, 4) is 0 Å². The van der Waals surface area contributed by atoms with E-state index in [0.29, 0.717) is 26.2 Å². The highest BCUT2D eigenvalue weighted by Gasteiger charge is 2.33. The number of hydrogen-bond donors (Lipinski definition) is 2. The molecule has 2 heterocycles. The van der Waals surface area contributed by atoms with E-state index >= 15 is 0 Å². The maximum atomic E-state index is 13.0. The number of carbonyl (C=O) groups is 2. The van der Waals surface area contributed by atoms with Crippen LogP contribution in [-0.4, -0.2) is 59.3 Å². The smallest absolute Gasteiger partial charge is 0.336 e. The van der Waals surface area contributed by atoms with Crippen LogP contribution in [0.15, 0.2) is 47.4 Å². The van der Waals surface area contributed by atoms with Crippen molar-refractivity contribution < 1.29 is 22.8 Å². The monoisotopic (exact) mass is 408 g/mol. The van der Waals surface area contributed by atoms with Gasteiger partial charge in [-0.3, -0.25) is 19.3 Å². The second kappa shape index (κ2) is 8.48. The van der Waals surface area contributed by atoms with Gasteiger partial charge in [-0.15, -0.1) is 0 Å². The number of benzene rings is 1. The van der Waals surface area contributed by atoms with Gasteiger partial charge in [0, 0.05) is 32.4 Å². The lowest BCUT2D eigenvalue weighted by Crippen LogP contribution is -2.51. The Bertz CT molecular complexity index is 950. The number of amides is 2. The van der Waals surface area contributed by atoms with Crippen LogP contribution in [0.25, 0.3) is 0 Å². The topological polar surface area (TPSA) is 85.5 Å². The van der Waals surface area contributed by atoms with Crippen LogP contribution >= 0.6 is 0 Å². The van der Waals surface area contributed by atoms with Crippen LogP contribution in [0.3, 0.4) is 0 Å². The van der Waals surface area contributed by atoms with Crippen LogP contribution in [0.1, 0.15) is 15.9 Å². The molecular formula is C19H19F3N4O3. The minimum Gasteiger partial charge on any atom is -0.336 e. The van der Waals surface area contributed by atoms with E-state index in [9.17, 15) is 27.6 Å². The predicted molar refractivity (Wildman–Crippen MR) is 99.5 cm³/mol. The van der Waals surface area contributed by atoms with E-state index in [0.717, 1.165) is 6.07 Å². The van der Waals surface area contributed by atoms with Crippen LogP contribution in [0.5, 0.6) is 0 Å². The molecule has 1 aromatic heterocycles. The maximum Gasteiger partial charge on any atom is 0.418 e. The summed E-state index contributed by atoms with van der Waals surface area (Å²) >= 11 is 0. The molecule has 0 saturated carbocycles. The first kappa shape index (κ1) is 20.6. The zero-order valence-electron chi connectivity index (χ0n) is 15.3.